The zero-order valence-electron chi connectivity index (χ0n) is 53.0. The molecule has 0 saturated heterocycles. The van der Waals surface area contributed by atoms with Crippen molar-refractivity contribution in [1.82, 2.24) is 0 Å². The molecule has 520 valence electrons. The van der Waals surface area contributed by atoms with E-state index in [0.29, 0.717) is 69.6 Å². The maximum atomic E-state index is 12.6. The number of carboxylic acid groups (broad SMARTS) is 3. The van der Waals surface area contributed by atoms with Gasteiger partial charge in [-0.25, -0.2) is 67.1 Å². The molecular formula is C64H84O30. The lowest BCUT2D eigenvalue weighted by Gasteiger charge is -2.17. The minimum absolute atomic E-state index is 0.0519. The van der Waals surface area contributed by atoms with Crippen LogP contribution in [-0.2, 0) is 114 Å². The van der Waals surface area contributed by atoms with E-state index in [4.69, 9.17) is 58.0 Å². The highest BCUT2D eigenvalue weighted by Crippen LogP contribution is 2.11. The van der Waals surface area contributed by atoms with Crippen LogP contribution in [0.5, 0.6) is 0 Å². The van der Waals surface area contributed by atoms with Crippen molar-refractivity contribution in [2.45, 2.75) is 167 Å². The average Bonchev–Trinajstić information content (AvgIpc) is 2.21. The van der Waals surface area contributed by atoms with Gasteiger partial charge in [-0.2, -0.15) is 0 Å². The van der Waals surface area contributed by atoms with Gasteiger partial charge >= 0.3 is 83.6 Å². The summed E-state index contributed by atoms with van der Waals surface area (Å²) in [6.07, 6.45) is 18.8. The topological polar surface area (TPSA) is 453 Å². The van der Waals surface area contributed by atoms with E-state index in [1.54, 1.807) is 20.8 Å². The van der Waals surface area contributed by atoms with Crippen LogP contribution in [0.1, 0.15) is 119 Å². The number of cyclic esters (lactones) is 2. The third kappa shape index (κ3) is 51.8. The fraction of sp³-hybridized carbons (Fsp3) is 0.469. The summed E-state index contributed by atoms with van der Waals surface area (Å²) >= 11 is 0. The smallest absolute Gasteiger partial charge is 0.338 e. The number of hydrogen-bond donors (Lipinski definition) is 6. The maximum absolute atomic E-state index is 12.6. The van der Waals surface area contributed by atoms with Crippen LogP contribution in [0.25, 0.3) is 0 Å². The number of ether oxygens (including phenoxy) is 10. The van der Waals surface area contributed by atoms with Crippen molar-refractivity contribution in [3.8, 4) is 0 Å². The number of aliphatic hydroxyl groups excluding tert-OH is 3. The molecule has 0 radical (unpaired) electrons. The van der Waals surface area contributed by atoms with Crippen LogP contribution in [0.4, 0.5) is 0 Å². The number of carbonyl (C=O) groups excluding carboxylic acids is 11. The lowest BCUT2D eigenvalue weighted by molar-refractivity contribution is -0.160. The highest BCUT2D eigenvalue weighted by Gasteiger charge is 2.21. The Hall–Kier alpha value is -9.94. The molecule has 0 aromatic rings. The third-order valence-electron chi connectivity index (χ3n) is 11.4. The summed E-state index contributed by atoms with van der Waals surface area (Å²) in [6.45, 7) is 8.69. The molecule has 0 fully saturated rings. The molecule has 1 aliphatic rings. The van der Waals surface area contributed by atoms with E-state index in [0.717, 1.165) is 66.8 Å². The number of carboxylic acids is 3. The van der Waals surface area contributed by atoms with Crippen molar-refractivity contribution >= 4 is 83.6 Å². The second-order valence-corrected chi connectivity index (χ2v) is 19.1. The number of rotatable bonds is 43. The second-order valence-electron chi connectivity index (χ2n) is 19.1. The zero-order chi connectivity index (χ0) is 71.2. The van der Waals surface area contributed by atoms with E-state index in [2.05, 4.69) is 4.74 Å². The van der Waals surface area contributed by atoms with E-state index in [-0.39, 0.29) is 38.9 Å². The summed E-state index contributed by atoms with van der Waals surface area (Å²) < 4.78 is 50.1. The Kier molecular flexibility index (Phi) is 49.2. The van der Waals surface area contributed by atoms with Crippen LogP contribution >= 0.6 is 0 Å². The Morgan fingerprint density at radius 1 is 0.319 bits per heavy atom. The molecule has 0 aromatic heterocycles. The standard InChI is InChI=1S/C36H44O18.C24H38O9.C4H2O3/c1-4-24(51-34(46)19-16-28(37)38)10-7-13-31(43)49-22-27(54-33(45)15-9-12-26(6-3)53-36(48)21-18-30(41)42)23-50-32(44)14-8-11-25(5-2)52-35(47)20-17-29(39)40;1-4-18(25)10-7-13-22(28)31-16-21(33-24(30)15-9-12-20(27)6-3)17-32-23(29)14-8-11-19(26)5-2;5-3-1-2-4(6)7-3/h7-9,13-21,24-27H,4-6,10-12,22-23H2,1-3H3,(H,37,38)(H,39,40)(H,41,42);7-9,13-15,18-21,25-27H,4-6,10-12,16-17H2,1-3H3;1-2H/b13-7?,14-8?,15-9?,19-16-,20-17-,21-18-;;. The van der Waals surface area contributed by atoms with E-state index in [9.17, 15) is 82.4 Å². The van der Waals surface area contributed by atoms with Gasteiger partial charge in [0, 0.05) is 104 Å². The van der Waals surface area contributed by atoms with Crippen LogP contribution in [-0.4, -0.2) is 189 Å². The number of aliphatic hydroxyl groups is 3. The first-order valence-electron chi connectivity index (χ1n) is 29.5. The van der Waals surface area contributed by atoms with Crippen molar-refractivity contribution < 1.29 is 145 Å². The molecule has 6 atom stereocenters. The molecule has 1 aliphatic heterocycles. The molecule has 6 N–H and O–H groups in total. The quantitative estimate of drug-likeness (QED) is 0.0212. The fourth-order valence-corrected chi connectivity index (χ4v) is 6.17. The molecule has 0 bridgehead atoms. The van der Waals surface area contributed by atoms with Crippen molar-refractivity contribution in [2.24, 2.45) is 0 Å². The first-order valence-corrected chi connectivity index (χ1v) is 29.5. The molecule has 0 amide bonds. The molecular weight excluding hydrogens is 1250 g/mol. The van der Waals surface area contributed by atoms with Gasteiger partial charge in [-0.3, -0.25) is 0 Å². The predicted octanol–water partition coefficient (Wildman–Crippen LogP) is 4.47. The third-order valence-corrected chi connectivity index (χ3v) is 11.4. The van der Waals surface area contributed by atoms with Crippen molar-refractivity contribution in [3.63, 3.8) is 0 Å². The molecule has 1 rings (SSSR count). The number of esters is 11. The predicted molar refractivity (Wildman–Crippen MR) is 326 cm³/mol. The van der Waals surface area contributed by atoms with Gasteiger partial charge in [-0.15, -0.1) is 0 Å². The first kappa shape index (κ1) is 86.1. The van der Waals surface area contributed by atoms with E-state index < -0.39 is 146 Å². The summed E-state index contributed by atoms with van der Waals surface area (Å²) in [5.74, 6) is -12.7. The SMILES string of the molecule is CCC(CC=CC(=O)OCC(COC(=O)C=CCC(CC)OC(=O)/C=C\C(=O)O)OC(=O)C=CCC(CC)OC(=O)/C=C\C(=O)O)OC(=O)/C=C\C(=O)O.CCC(O)CC=CC(=O)OCC(COC(=O)C=CCC(O)CC)OC(=O)C=CCC(O)CC.O=C1C=CC(=O)O1. The Balaban J connectivity index is 0. The van der Waals surface area contributed by atoms with Gasteiger partial charge in [-0.1, -0.05) is 78.0 Å². The number of hydrogen-bond acceptors (Lipinski definition) is 27. The maximum Gasteiger partial charge on any atom is 0.338 e. The van der Waals surface area contributed by atoms with Gasteiger partial charge in [0.1, 0.15) is 44.7 Å². The molecule has 0 aliphatic carbocycles. The monoisotopic (exact) mass is 1330 g/mol. The largest absolute Gasteiger partial charge is 0.478 e. The van der Waals surface area contributed by atoms with E-state index >= 15 is 0 Å². The van der Waals surface area contributed by atoms with Crippen LogP contribution in [0.15, 0.2) is 122 Å². The molecule has 30 heteroatoms. The highest BCUT2D eigenvalue weighted by atomic mass is 16.6. The Labute approximate surface area is 542 Å². The lowest BCUT2D eigenvalue weighted by atomic mass is 10.2. The minimum Gasteiger partial charge on any atom is -0.478 e. The van der Waals surface area contributed by atoms with Crippen LogP contribution in [0.3, 0.4) is 0 Å². The second kappa shape index (κ2) is 53.7. The Morgan fingerprint density at radius 3 is 0.734 bits per heavy atom. The molecule has 6 unspecified atom stereocenters. The molecule has 1 heterocycles. The molecule has 0 aromatic carbocycles. The van der Waals surface area contributed by atoms with Crippen molar-refractivity contribution in [3.05, 3.63) is 122 Å². The van der Waals surface area contributed by atoms with Gasteiger partial charge in [0.2, 0.25) is 0 Å². The first-order chi connectivity index (χ1) is 44.6. The average molecular weight is 1330 g/mol. The van der Waals surface area contributed by atoms with Gasteiger partial charge in [-0.05, 0) is 57.8 Å². The van der Waals surface area contributed by atoms with Crippen LogP contribution in [0.2, 0.25) is 0 Å². The normalized spacial score (nSPS) is 14.7. The highest BCUT2D eigenvalue weighted by molar-refractivity contribution is 6.05. The van der Waals surface area contributed by atoms with Crippen molar-refractivity contribution in [2.75, 3.05) is 26.4 Å². The minimum atomic E-state index is -1.34. The molecule has 30 nitrogen and oxygen atoms in total. The zero-order valence-corrected chi connectivity index (χ0v) is 53.0. The lowest BCUT2D eigenvalue weighted by Crippen LogP contribution is -2.30. The van der Waals surface area contributed by atoms with E-state index in [1.165, 1.54) is 36.5 Å². The summed E-state index contributed by atoms with van der Waals surface area (Å²) in [6, 6.07) is 0. The number of aliphatic carboxylic acids is 3. The van der Waals surface area contributed by atoms with Gasteiger partial charge in [0.25, 0.3) is 0 Å². The summed E-state index contributed by atoms with van der Waals surface area (Å²) in [5, 5.41) is 54.3. The molecule has 94 heavy (non-hydrogen) atoms. The Bertz CT molecular complexity index is 2630. The van der Waals surface area contributed by atoms with Gasteiger partial charge in [0.05, 0.1) is 18.3 Å². The molecule has 0 spiro atoms. The van der Waals surface area contributed by atoms with Crippen LogP contribution in [0, 0.1) is 0 Å². The summed E-state index contributed by atoms with van der Waals surface area (Å²) in [4.78, 5) is 160. The summed E-state index contributed by atoms with van der Waals surface area (Å²) in [5.41, 5.74) is 0. The van der Waals surface area contributed by atoms with Gasteiger partial charge < -0.3 is 78.0 Å². The van der Waals surface area contributed by atoms with Gasteiger partial charge in [0.15, 0.2) is 12.2 Å². The fourth-order valence-electron chi connectivity index (χ4n) is 6.17. The molecule has 0 saturated carbocycles. The Morgan fingerprint density at radius 2 is 0.532 bits per heavy atom. The van der Waals surface area contributed by atoms with E-state index in [1.807, 2.05) is 20.8 Å². The number of carbonyl (C=O) groups is 14. The van der Waals surface area contributed by atoms with Crippen molar-refractivity contribution in [1.29, 1.82) is 0 Å². The van der Waals surface area contributed by atoms with Crippen LogP contribution < -0.4 is 0 Å². The summed E-state index contributed by atoms with van der Waals surface area (Å²) in [7, 11) is 0.